The number of carbonyl (C=O) groups excluding carboxylic acids is 6. The van der Waals surface area contributed by atoms with Crippen LogP contribution in [0.3, 0.4) is 0 Å². The average molecular weight is 715 g/mol. The van der Waals surface area contributed by atoms with E-state index in [0.717, 1.165) is 75.7 Å². The molecule has 0 amide bonds. The van der Waals surface area contributed by atoms with Gasteiger partial charge in [0.2, 0.25) is 0 Å². The van der Waals surface area contributed by atoms with Crippen LogP contribution in [0, 0.1) is 0 Å². The second kappa shape index (κ2) is 22.6. The van der Waals surface area contributed by atoms with E-state index in [0.29, 0.717) is 50.5 Å². The fourth-order valence-electron chi connectivity index (χ4n) is 4.60. The summed E-state index contributed by atoms with van der Waals surface area (Å²) >= 11 is 0. The van der Waals surface area contributed by atoms with Crippen molar-refractivity contribution in [2.75, 3.05) is 26.4 Å². The second-order valence-corrected chi connectivity index (χ2v) is 11.3. The van der Waals surface area contributed by atoms with Gasteiger partial charge in [-0.1, -0.05) is 13.2 Å². The Kier molecular flexibility index (Phi) is 17.6. The maximum absolute atomic E-state index is 12.9. The lowest BCUT2D eigenvalue weighted by Gasteiger charge is -2.12. The van der Waals surface area contributed by atoms with Crippen molar-refractivity contribution in [3.63, 3.8) is 0 Å². The van der Waals surface area contributed by atoms with Crippen LogP contribution in [0.25, 0.3) is 0 Å². The van der Waals surface area contributed by atoms with Crippen molar-refractivity contribution in [1.82, 2.24) is 0 Å². The normalized spacial score (nSPS) is 10.3. The van der Waals surface area contributed by atoms with Gasteiger partial charge in [0.1, 0.15) is 23.0 Å². The van der Waals surface area contributed by atoms with Crippen molar-refractivity contribution < 1.29 is 57.2 Å². The molecule has 0 saturated heterocycles. The van der Waals surface area contributed by atoms with Gasteiger partial charge in [0.05, 0.1) is 48.7 Å². The van der Waals surface area contributed by atoms with Crippen LogP contribution in [0.2, 0.25) is 0 Å². The molecule has 3 aromatic carbocycles. The Balaban J connectivity index is 1.47. The Morgan fingerprint density at radius 3 is 1.17 bits per heavy atom. The molecule has 3 aromatic rings. The number of unbranched alkanes of at least 4 members (excludes halogenated alkanes) is 6. The first-order valence-corrected chi connectivity index (χ1v) is 16.8. The number of benzene rings is 3. The molecule has 0 bridgehead atoms. The predicted molar refractivity (Wildman–Crippen MR) is 190 cm³/mol. The first-order chi connectivity index (χ1) is 25.3. The summed E-state index contributed by atoms with van der Waals surface area (Å²) < 4.78 is 32.1. The van der Waals surface area contributed by atoms with Crippen LogP contribution in [-0.2, 0) is 19.1 Å². The number of hydrogen-bond acceptors (Lipinski definition) is 12. The Labute approximate surface area is 302 Å². The van der Waals surface area contributed by atoms with Crippen LogP contribution in [0.4, 0.5) is 0 Å². The molecule has 0 N–H and O–H groups in total. The van der Waals surface area contributed by atoms with E-state index in [-0.39, 0.29) is 33.8 Å². The summed E-state index contributed by atoms with van der Waals surface area (Å²) in [6, 6.07) is 14.8. The van der Waals surface area contributed by atoms with Gasteiger partial charge in [-0.15, -0.1) is 0 Å². The number of esters is 4. The minimum atomic E-state index is -0.776. The van der Waals surface area contributed by atoms with E-state index in [1.165, 1.54) is 24.3 Å². The minimum Gasteiger partial charge on any atom is -0.494 e. The fraction of sp³-hybridized carbons (Fsp3) is 0.300. The molecule has 0 aromatic heterocycles. The lowest BCUT2D eigenvalue weighted by molar-refractivity contribution is -0.138. The Morgan fingerprint density at radius 2 is 0.846 bits per heavy atom. The first kappa shape index (κ1) is 40.4. The molecular formula is C40H42O12. The third-order valence-electron chi connectivity index (χ3n) is 7.42. The molecule has 0 aliphatic heterocycles. The molecule has 0 heterocycles. The third-order valence-corrected chi connectivity index (χ3v) is 7.42. The van der Waals surface area contributed by atoms with Crippen molar-refractivity contribution in [2.24, 2.45) is 0 Å². The van der Waals surface area contributed by atoms with Gasteiger partial charge in [0.15, 0.2) is 12.6 Å². The number of hydrogen-bond donors (Lipinski definition) is 0. The van der Waals surface area contributed by atoms with E-state index in [4.69, 9.17) is 28.4 Å². The predicted octanol–water partition coefficient (Wildman–Crippen LogP) is 7.09. The number of ether oxygens (including phenoxy) is 6. The van der Waals surface area contributed by atoms with Crippen LogP contribution in [0.1, 0.15) is 92.8 Å². The number of rotatable bonds is 24. The van der Waals surface area contributed by atoms with Crippen LogP contribution < -0.4 is 18.9 Å². The highest BCUT2D eigenvalue weighted by Gasteiger charge is 2.19. The summed E-state index contributed by atoms with van der Waals surface area (Å²) in [4.78, 5) is 71.6. The first-order valence-electron chi connectivity index (χ1n) is 16.8. The van der Waals surface area contributed by atoms with E-state index in [9.17, 15) is 28.8 Å². The third kappa shape index (κ3) is 14.1. The Hall–Kier alpha value is -6.04. The van der Waals surface area contributed by atoms with Crippen molar-refractivity contribution in [3.05, 3.63) is 108 Å². The molecule has 0 fully saturated rings. The zero-order valence-corrected chi connectivity index (χ0v) is 28.9. The molecule has 0 unspecified atom stereocenters. The standard InChI is InChI=1S/C40H42O12/c1-3-37(43)49-23-11-7-5-9-21-47-33-17-13-29(14-18-33)39(45)51-35-25-32(28-42)36(26-31(35)27-41)52-40(46)30-15-19-34(20-16-30)48-22-10-6-8-12-24-50-38(44)4-2/h3-4,13-20,25-28H,1-2,5-12,21-24H2. The molecule has 0 atom stereocenters. The molecule has 0 radical (unpaired) electrons. The molecular weight excluding hydrogens is 672 g/mol. The fourth-order valence-corrected chi connectivity index (χ4v) is 4.60. The van der Waals surface area contributed by atoms with Gasteiger partial charge in [-0.2, -0.15) is 0 Å². The molecule has 0 aliphatic rings. The summed E-state index contributed by atoms with van der Waals surface area (Å²) in [5, 5.41) is 0. The summed E-state index contributed by atoms with van der Waals surface area (Å²) in [6.07, 6.45) is 9.72. The number of aldehydes is 2. The van der Waals surface area contributed by atoms with Crippen LogP contribution >= 0.6 is 0 Å². The van der Waals surface area contributed by atoms with Gasteiger partial charge < -0.3 is 28.4 Å². The zero-order chi connectivity index (χ0) is 37.6. The SMILES string of the molecule is C=CC(=O)OCCCCCCOc1ccc(C(=O)Oc2cc(C=O)c(OC(=O)c3ccc(OCCCCCCOC(=O)C=C)cc3)cc2C=O)cc1. The Morgan fingerprint density at radius 1 is 0.500 bits per heavy atom. The van der Waals surface area contributed by atoms with E-state index < -0.39 is 23.9 Å². The lowest BCUT2D eigenvalue weighted by atomic mass is 10.1. The quantitative estimate of drug-likeness (QED) is 0.0306. The zero-order valence-electron chi connectivity index (χ0n) is 28.9. The summed E-state index contributed by atoms with van der Waals surface area (Å²) in [5.74, 6) is -1.68. The van der Waals surface area contributed by atoms with Gasteiger partial charge in [-0.25, -0.2) is 19.2 Å². The highest BCUT2D eigenvalue weighted by molar-refractivity contribution is 5.96. The molecule has 0 spiro atoms. The van der Waals surface area contributed by atoms with Gasteiger partial charge in [0.25, 0.3) is 0 Å². The van der Waals surface area contributed by atoms with Crippen LogP contribution in [-0.4, -0.2) is 62.9 Å². The largest absolute Gasteiger partial charge is 0.494 e. The average Bonchev–Trinajstić information content (AvgIpc) is 3.17. The van der Waals surface area contributed by atoms with Crippen LogP contribution in [0.15, 0.2) is 86.0 Å². The molecule has 3 rings (SSSR count). The van der Waals surface area contributed by atoms with Crippen molar-refractivity contribution in [3.8, 4) is 23.0 Å². The van der Waals surface area contributed by atoms with E-state index in [1.54, 1.807) is 24.3 Å². The monoisotopic (exact) mass is 714 g/mol. The van der Waals surface area contributed by atoms with Gasteiger partial charge in [-0.3, -0.25) is 9.59 Å². The molecule has 0 saturated carbocycles. The van der Waals surface area contributed by atoms with Gasteiger partial charge in [-0.05, 0) is 112 Å². The molecule has 274 valence electrons. The molecule has 52 heavy (non-hydrogen) atoms. The maximum Gasteiger partial charge on any atom is 0.343 e. The van der Waals surface area contributed by atoms with Gasteiger partial charge >= 0.3 is 23.9 Å². The van der Waals surface area contributed by atoms with Crippen molar-refractivity contribution in [2.45, 2.75) is 51.4 Å². The summed E-state index contributed by atoms with van der Waals surface area (Å²) in [5.41, 5.74) is 0.138. The highest BCUT2D eigenvalue weighted by Crippen LogP contribution is 2.29. The smallest absolute Gasteiger partial charge is 0.343 e. The molecule has 0 aliphatic carbocycles. The molecule has 12 nitrogen and oxygen atoms in total. The van der Waals surface area contributed by atoms with E-state index in [2.05, 4.69) is 13.2 Å². The number of carbonyl (C=O) groups is 6. The van der Waals surface area contributed by atoms with Gasteiger partial charge in [0, 0.05) is 12.2 Å². The Bertz CT molecular complexity index is 1550. The topological polar surface area (TPSA) is 158 Å². The summed E-state index contributed by atoms with van der Waals surface area (Å²) in [7, 11) is 0. The van der Waals surface area contributed by atoms with E-state index >= 15 is 0 Å². The highest BCUT2D eigenvalue weighted by atomic mass is 16.5. The van der Waals surface area contributed by atoms with Crippen molar-refractivity contribution >= 4 is 36.4 Å². The molecule has 12 heteroatoms. The minimum absolute atomic E-state index is 0.109. The lowest BCUT2D eigenvalue weighted by Crippen LogP contribution is -2.13. The van der Waals surface area contributed by atoms with E-state index in [1.807, 2.05) is 0 Å². The second-order valence-electron chi connectivity index (χ2n) is 11.3. The summed E-state index contributed by atoms with van der Waals surface area (Å²) in [6.45, 7) is 8.32. The van der Waals surface area contributed by atoms with Crippen LogP contribution in [0.5, 0.6) is 23.0 Å². The maximum atomic E-state index is 12.9. The van der Waals surface area contributed by atoms with Crippen molar-refractivity contribution in [1.29, 1.82) is 0 Å².